The Bertz CT molecular complexity index is 73.3. The fourth-order valence-corrected chi connectivity index (χ4v) is 0.615. The van der Waals surface area contributed by atoms with E-state index in [1.54, 1.807) is 0 Å². The van der Waals surface area contributed by atoms with Gasteiger partial charge in [-0.15, -0.1) is 0 Å². The van der Waals surface area contributed by atoms with Crippen LogP contribution in [-0.2, 0) is 0 Å². The molecule has 4 heteroatoms. The van der Waals surface area contributed by atoms with Crippen LogP contribution in [0, 0.1) is 0 Å². The highest BCUT2D eigenvalue weighted by Gasteiger charge is 1.86. The highest BCUT2D eigenvalue weighted by Crippen LogP contribution is 2.08. The Morgan fingerprint density at radius 2 is 2.43 bits per heavy atom. The lowest BCUT2D eigenvalue weighted by atomic mass is 10.7. The van der Waals surface area contributed by atoms with Crippen LogP contribution in [0.15, 0.2) is 10.6 Å². The van der Waals surface area contributed by atoms with E-state index in [0.29, 0.717) is 22.8 Å². The third-order valence-electron chi connectivity index (χ3n) is 0.321. The summed E-state index contributed by atoms with van der Waals surface area (Å²) in [5.74, 6) is 0.366. The van der Waals surface area contributed by atoms with Crippen LogP contribution in [-0.4, -0.2) is 10.3 Å². The van der Waals surface area contributed by atoms with Crippen LogP contribution in [0.25, 0.3) is 0 Å². The maximum atomic E-state index is 8.10. The molecule has 0 saturated carbocycles. The number of halogens is 2. The van der Waals surface area contributed by atoms with E-state index < -0.39 is 0 Å². The SMILES string of the molecule is OSCC(Cl)=CCl. The van der Waals surface area contributed by atoms with E-state index in [1.165, 1.54) is 5.54 Å². The number of hydrogen-bond donors (Lipinski definition) is 1. The first kappa shape index (κ1) is 7.63. The first-order valence-corrected chi connectivity index (χ1v) is 3.28. The van der Waals surface area contributed by atoms with Crippen molar-refractivity contribution in [1.82, 2.24) is 0 Å². The van der Waals surface area contributed by atoms with Gasteiger partial charge < -0.3 is 4.55 Å². The van der Waals surface area contributed by atoms with Crippen LogP contribution in [0.2, 0.25) is 0 Å². The minimum Gasteiger partial charge on any atom is -0.330 e. The molecule has 0 heterocycles. The summed E-state index contributed by atoms with van der Waals surface area (Å²) in [7, 11) is 0. The van der Waals surface area contributed by atoms with Gasteiger partial charge in [0.25, 0.3) is 0 Å². The molecular weight excluding hydrogens is 155 g/mol. The molecule has 0 saturated heterocycles. The first-order chi connectivity index (χ1) is 3.31. The lowest BCUT2D eigenvalue weighted by Gasteiger charge is -1.85. The molecule has 0 aromatic rings. The Balaban J connectivity index is 3.17. The second-order valence-electron chi connectivity index (χ2n) is 0.829. The summed E-state index contributed by atoms with van der Waals surface area (Å²) >= 11 is 11.1. The Kier molecular flexibility index (Phi) is 5.21. The summed E-state index contributed by atoms with van der Waals surface area (Å²) in [5.41, 5.74) is 1.23. The van der Waals surface area contributed by atoms with Crippen molar-refractivity contribution in [2.24, 2.45) is 0 Å². The monoisotopic (exact) mass is 158 g/mol. The van der Waals surface area contributed by atoms with Crippen LogP contribution in [0.1, 0.15) is 0 Å². The van der Waals surface area contributed by atoms with Gasteiger partial charge in [-0.1, -0.05) is 23.2 Å². The maximum Gasteiger partial charge on any atom is 0.0563 e. The van der Waals surface area contributed by atoms with Gasteiger partial charge in [0.05, 0.1) is 5.75 Å². The smallest absolute Gasteiger partial charge is 0.0563 e. The van der Waals surface area contributed by atoms with Crippen molar-refractivity contribution in [1.29, 1.82) is 0 Å². The van der Waals surface area contributed by atoms with Crippen molar-refractivity contribution in [3.8, 4) is 0 Å². The normalized spacial score (nSPS) is 12.1. The highest BCUT2D eigenvalue weighted by molar-refractivity contribution is 7.94. The molecule has 0 aromatic heterocycles. The van der Waals surface area contributed by atoms with E-state index in [1.807, 2.05) is 0 Å². The molecule has 1 nitrogen and oxygen atoms in total. The van der Waals surface area contributed by atoms with Crippen LogP contribution in [0.5, 0.6) is 0 Å². The van der Waals surface area contributed by atoms with Gasteiger partial charge in [-0.05, 0) is 12.0 Å². The summed E-state index contributed by atoms with van der Waals surface area (Å²) in [5, 5.41) is 0.453. The average molecular weight is 159 g/mol. The summed E-state index contributed by atoms with van der Waals surface area (Å²) in [4.78, 5) is 0. The zero-order chi connectivity index (χ0) is 5.70. The molecule has 0 aromatic carbocycles. The summed E-state index contributed by atoms with van der Waals surface area (Å²) in [6, 6.07) is 0. The third-order valence-corrected chi connectivity index (χ3v) is 1.54. The van der Waals surface area contributed by atoms with Gasteiger partial charge in [-0.25, -0.2) is 0 Å². The Hall–Kier alpha value is 0.630. The number of rotatable bonds is 2. The first-order valence-electron chi connectivity index (χ1n) is 1.52. The van der Waals surface area contributed by atoms with Gasteiger partial charge in [-0.3, -0.25) is 0 Å². The topological polar surface area (TPSA) is 20.2 Å². The van der Waals surface area contributed by atoms with Crippen LogP contribution < -0.4 is 0 Å². The average Bonchev–Trinajstić information content (AvgIpc) is 1.68. The van der Waals surface area contributed by atoms with Gasteiger partial charge in [0.1, 0.15) is 0 Å². The van der Waals surface area contributed by atoms with Crippen molar-refractivity contribution < 1.29 is 4.55 Å². The van der Waals surface area contributed by atoms with E-state index in [-0.39, 0.29) is 0 Å². The molecule has 0 spiro atoms. The predicted octanol–water partition coefficient (Wildman–Crippen LogP) is 2.51. The molecule has 0 fully saturated rings. The van der Waals surface area contributed by atoms with Gasteiger partial charge in [-0.2, -0.15) is 0 Å². The lowest BCUT2D eigenvalue weighted by molar-refractivity contribution is 0.666. The second kappa shape index (κ2) is 4.78. The molecule has 0 aliphatic carbocycles. The van der Waals surface area contributed by atoms with E-state index in [4.69, 9.17) is 27.8 Å². The molecule has 0 radical (unpaired) electrons. The molecule has 0 aliphatic rings. The summed E-state index contributed by atoms with van der Waals surface area (Å²) < 4.78 is 8.10. The van der Waals surface area contributed by atoms with E-state index >= 15 is 0 Å². The predicted molar refractivity (Wildman–Crippen MR) is 34.9 cm³/mol. The maximum absolute atomic E-state index is 8.10. The molecule has 0 unspecified atom stereocenters. The zero-order valence-corrected chi connectivity index (χ0v) is 5.72. The molecule has 0 aliphatic heterocycles. The third kappa shape index (κ3) is 4.48. The van der Waals surface area contributed by atoms with Gasteiger partial charge in [0, 0.05) is 10.6 Å². The van der Waals surface area contributed by atoms with Crippen LogP contribution >= 0.6 is 35.2 Å². The van der Waals surface area contributed by atoms with Crippen molar-refractivity contribution in [3.05, 3.63) is 10.6 Å². The molecule has 1 N–H and O–H groups in total. The summed E-state index contributed by atoms with van der Waals surface area (Å²) in [6.45, 7) is 0. The van der Waals surface area contributed by atoms with Crippen molar-refractivity contribution in [2.75, 3.05) is 5.75 Å². The zero-order valence-electron chi connectivity index (χ0n) is 3.40. The number of hydrogen-bond acceptors (Lipinski definition) is 2. The fourth-order valence-electron chi connectivity index (χ4n) is 0.0932. The van der Waals surface area contributed by atoms with Crippen molar-refractivity contribution >= 4 is 35.2 Å². The molecular formula is C3H4Cl2OS. The quantitative estimate of drug-likeness (QED) is 0.624. The van der Waals surface area contributed by atoms with Gasteiger partial charge in [0.2, 0.25) is 0 Å². The molecule has 0 atom stereocenters. The molecule has 0 bridgehead atoms. The van der Waals surface area contributed by atoms with Crippen LogP contribution in [0.4, 0.5) is 0 Å². The van der Waals surface area contributed by atoms with Crippen molar-refractivity contribution in [3.63, 3.8) is 0 Å². The lowest BCUT2D eigenvalue weighted by Crippen LogP contribution is -1.71. The minimum atomic E-state index is 0.366. The molecule has 42 valence electrons. The fraction of sp³-hybridized carbons (Fsp3) is 0.333. The van der Waals surface area contributed by atoms with E-state index in [0.717, 1.165) is 0 Å². The Morgan fingerprint density at radius 1 is 1.86 bits per heavy atom. The minimum absolute atomic E-state index is 0.366. The largest absolute Gasteiger partial charge is 0.330 e. The van der Waals surface area contributed by atoms with Crippen LogP contribution in [0.3, 0.4) is 0 Å². The molecule has 0 amide bonds. The standard InChI is InChI=1S/C3H4Cl2OS/c4-1-3(5)2-7-6/h1,6H,2H2. The summed E-state index contributed by atoms with van der Waals surface area (Å²) in [6.07, 6.45) is 0. The van der Waals surface area contributed by atoms with E-state index in [2.05, 4.69) is 0 Å². The van der Waals surface area contributed by atoms with Gasteiger partial charge in [0.15, 0.2) is 0 Å². The second-order valence-corrected chi connectivity index (χ2v) is 2.08. The molecule has 0 rings (SSSR count). The van der Waals surface area contributed by atoms with Gasteiger partial charge >= 0.3 is 0 Å². The molecule has 7 heavy (non-hydrogen) atoms. The highest BCUT2D eigenvalue weighted by atomic mass is 35.5. The van der Waals surface area contributed by atoms with E-state index in [9.17, 15) is 0 Å². The van der Waals surface area contributed by atoms with Crippen molar-refractivity contribution in [2.45, 2.75) is 0 Å². The Labute approximate surface area is 56.5 Å². The Morgan fingerprint density at radius 3 is 2.57 bits per heavy atom.